The zero-order valence-corrected chi connectivity index (χ0v) is 11.9. The van der Waals surface area contributed by atoms with Crippen LogP contribution in [0, 0.1) is 6.92 Å². The van der Waals surface area contributed by atoms with Gasteiger partial charge >= 0.3 is 0 Å². The number of hydrogen-bond acceptors (Lipinski definition) is 2. The average Bonchev–Trinajstić information content (AvgIpc) is 2.38. The van der Waals surface area contributed by atoms with E-state index < -0.39 is 0 Å². The number of rotatable bonds is 4. The fraction of sp³-hybridized carbons (Fsp3) is 0.235. The summed E-state index contributed by atoms with van der Waals surface area (Å²) in [5, 5.41) is 2.91. The van der Waals surface area contributed by atoms with Gasteiger partial charge in [-0.15, -0.1) is 0 Å². The third-order valence-corrected chi connectivity index (χ3v) is 3.14. The van der Waals surface area contributed by atoms with Crippen LogP contribution in [0.1, 0.15) is 29.7 Å². The zero-order valence-electron chi connectivity index (χ0n) is 11.9. The van der Waals surface area contributed by atoms with Crippen molar-refractivity contribution in [3.05, 3.63) is 65.2 Å². The second-order valence-corrected chi connectivity index (χ2v) is 5.13. The molecule has 0 saturated carbocycles. The Kier molecular flexibility index (Phi) is 4.53. The topological polar surface area (TPSA) is 55.1 Å². The molecule has 0 saturated heterocycles. The van der Waals surface area contributed by atoms with Crippen LogP contribution in [0.4, 0.5) is 5.69 Å². The molecule has 0 aliphatic rings. The zero-order chi connectivity index (χ0) is 14.5. The minimum absolute atomic E-state index is 0.0163. The summed E-state index contributed by atoms with van der Waals surface area (Å²) in [7, 11) is 0. The van der Waals surface area contributed by atoms with Crippen LogP contribution < -0.4 is 11.1 Å². The molecule has 3 N–H and O–H groups in total. The number of aryl methyl sites for hydroxylation is 1. The standard InChI is InChI=1S/C17H20N2O/c1-12-5-3-6-14(9-12)10-17(20)19-16-8-4-7-15(11-16)13(2)18/h3-9,11,13H,10,18H2,1-2H3,(H,19,20). The average molecular weight is 268 g/mol. The van der Waals surface area contributed by atoms with Crippen molar-refractivity contribution in [1.82, 2.24) is 0 Å². The van der Waals surface area contributed by atoms with Gasteiger partial charge in [-0.25, -0.2) is 0 Å². The molecule has 1 atom stereocenters. The van der Waals surface area contributed by atoms with E-state index in [-0.39, 0.29) is 11.9 Å². The lowest BCUT2D eigenvalue weighted by Gasteiger charge is -2.10. The SMILES string of the molecule is Cc1cccc(CC(=O)Nc2cccc(C(C)N)c2)c1. The van der Waals surface area contributed by atoms with Crippen LogP contribution in [0.15, 0.2) is 48.5 Å². The number of nitrogens with two attached hydrogens (primary N) is 1. The normalized spacial score (nSPS) is 11.9. The molecule has 0 heterocycles. The molecule has 0 aromatic heterocycles. The molecule has 1 amide bonds. The number of amides is 1. The number of hydrogen-bond donors (Lipinski definition) is 2. The molecule has 2 rings (SSSR count). The van der Waals surface area contributed by atoms with E-state index in [0.717, 1.165) is 22.4 Å². The molecule has 1 unspecified atom stereocenters. The second-order valence-electron chi connectivity index (χ2n) is 5.13. The van der Waals surface area contributed by atoms with E-state index in [1.165, 1.54) is 0 Å². The van der Waals surface area contributed by atoms with Crippen LogP contribution in [0.3, 0.4) is 0 Å². The van der Waals surface area contributed by atoms with Crippen molar-refractivity contribution < 1.29 is 4.79 Å². The van der Waals surface area contributed by atoms with Gasteiger partial charge in [0.05, 0.1) is 6.42 Å². The summed E-state index contributed by atoms with van der Waals surface area (Å²) in [5.74, 6) is -0.0163. The first kappa shape index (κ1) is 14.3. The van der Waals surface area contributed by atoms with Crippen molar-refractivity contribution in [2.24, 2.45) is 5.73 Å². The molecule has 20 heavy (non-hydrogen) atoms. The highest BCUT2D eigenvalue weighted by Gasteiger charge is 2.06. The minimum Gasteiger partial charge on any atom is -0.326 e. The Morgan fingerprint density at radius 2 is 1.95 bits per heavy atom. The monoisotopic (exact) mass is 268 g/mol. The van der Waals surface area contributed by atoms with Crippen molar-refractivity contribution in [1.29, 1.82) is 0 Å². The smallest absolute Gasteiger partial charge is 0.228 e. The summed E-state index contributed by atoms with van der Waals surface area (Å²) in [4.78, 5) is 12.0. The predicted octanol–water partition coefficient (Wildman–Crippen LogP) is 3.20. The Hall–Kier alpha value is -2.13. The Bertz CT molecular complexity index is 605. The van der Waals surface area contributed by atoms with E-state index >= 15 is 0 Å². The van der Waals surface area contributed by atoms with Crippen molar-refractivity contribution in [3.8, 4) is 0 Å². The Labute approximate surface area is 119 Å². The summed E-state index contributed by atoms with van der Waals surface area (Å²) in [6.07, 6.45) is 0.379. The van der Waals surface area contributed by atoms with Crippen molar-refractivity contribution in [3.63, 3.8) is 0 Å². The van der Waals surface area contributed by atoms with E-state index in [0.29, 0.717) is 6.42 Å². The highest BCUT2D eigenvalue weighted by Crippen LogP contribution is 2.16. The second kappa shape index (κ2) is 6.35. The third kappa shape index (κ3) is 3.93. The van der Waals surface area contributed by atoms with Crippen LogP contribution in [-0.4, -0.2) is 5.91 Å². The summed E-state index contributed by atoms with van der Waals surface area (Å²) < 4.78 is 0. The third-order valence-electron chi connectivity index (χ3n) is 3.14. The minimum atomic E-state index is -0.0383. The lowest BCUT2D eigenvalue weighted by atomic mass is 10.1. The summed E-state index contributed by atoms with van der Waals surface area (Å²) in [6.45, 7) is 3.95. The van der Waals surface area contributed by atoms with Gasteiger partial charge in [-0.1, -0.05) is 42.0 Å². The van der Waals surface area contributed by atoms with Crippen LogP contribution in [-0.2, 0) is 11.2 Å². The van der Waals surface area contributed by atoms with Gasteiger partial charge in [0.1, 0.15) is 0 Å². The van der Waals surface area contributed by atoms with Crippen molar-refractivity contribution in [2.45, 2.75) is 26.3 Å². The first-order chi connectivity index (χ1) is 9.54. The summed E-state index contributed by atoms with van der Waals surface area (Å²) in [5.41, 5.74) is 9.82. The fourth-order valence-corrected chi connectivity index (χ4v) is 2.11. The summed E-state index contributed by atoms with van der Waals surface area (Å²) in [6, 6.07) is 15.6. The Morgan fingerprint density at radius 1 is 1.20 bits per heavy atom. The van der Waals surface area contributed by atoms with Crippen molar-refractivity contribution >= 4 is 11.6 Å². The number of carbonyl (C=O) groups excluding carboxylic acids is 1. The Morgan fingerprint density at radius 3 is 2.65 bits per heavy atom. The number of anilines is 1. The van der Waals surface area contributed by atoms with Crippen LogP contribution in [0.5, 0.6) is 0 Å². The first-order valence-electron chi connectivity index (χ1n) is 6.75. The molecule has 2 aromatic rings. The molecule has 104 valence electrons. The van der Waals surface area contributed by atoms with Crippen molar-refractivity contribution in [2.75, 3.05) is 5.32 Å². The summed E-state index contributed by atoms with van der Waals surface area (Å²) >= 11 is 0. The Balaban J connectivity index is 2.03. The van der Waals surface area contributed by atoms with Gasteiger partial charge < -0.3 is 11.1 Å². The predicted molar refractivity (Wildman–Crippen MR) is 82.6 cm³/mol. The van der Waals surface area contributed by atoms with Gasteiger partial charge in [-0.05, 0) is 37.1 Å². The van der Waals surface area contributed by atoms with E-state index in [9.17, 15) is 4.79 Å². The fourth-order valence-electron chi connectivity index (χ4n) is 2.11. The molecule has 3 heteroatoms. The van der Waals surface area contributed by atoms with Crippen LogP contribution >= 0.6 is 0 Å². The van der Waals surface area contributed by atoms with E-state index in [2.05, 4.69) is 5.32 Å². The molecule has 2 aromatic carbocycles. The maximum Gasteiger partial charge on any atom is 0.228 e. The van der Waals surface area contributed by atoms with Gasteiger partial charge in [0.15, 0.2) is 0 Å². The largest absolute Gasteiger partial charge is 0.326 e. The molecule has 0 spiro atoms. The lowest BCUT2D eigenvalue weighted by molar-refractivity contribution is -0.115. The first-order valence-corrected chi connectivity index (χ1v) is 6.75. The number of benzene rings is 2. The number of carbonyl (C=O) groups is 1. The van der Waals surface area contributed by atoms with Gasteiger partial charge in [0.2, 0.25) is 5.91 Å². The number of nitrogens with one attached hydrogen (secondary N) is 1. The highest BCUT2D eigenvalue weighted by molar-refractivity contribution is 5.92. The molecule has 0 bridgehead atoms. The molecule has 0 aliphatic carbocycles. The van der Waals surface area contributed by atoms with Gasteiger partial charge in [0, 0.05) is 11.7 Å². The highest BCUT2D eigenvalue weighted by atomic mass is 16.1. The van der Waals surface area contributed by atoms with Crippen LogP contribution in [0.2, 0.25) is 0 Å². The molecule has 3 nitrogen and oxygen atoms in total. The lowest BCUT2D eigenvalue weighted by Crippen LogP contribution is -2.15. The molecular formula is C17H20N2O. The quantitative estimate of drug-likeness (QED) is 0.894. The van der Waals surface area contributed by atoms with Gasteiger partial charge in [-0.3, -0.25) is 4.79 Å². The molecule has 0 aliphatic heterocycles. The van der Waals surface area contributed by atoms with Gasteiger partial charge in [-0.2, -0.15) is 0 Å². The van der Waals surface area contributed by atoms with E-state index in [1.807, 2.05) is 62.4 Å². The van der Waals surface area contributed by atoms with Gasteiger partial charge in [0.25, 0.3) is 0 Å². The maximum absolute atomic E-state index is 12.0. The van der Waals surface area contributed by atoms with Crippen LogP contribution in [0.25, 0.3) is 0 Å². The van der Waals surface area contributed by atoms with E-state index in [1.54, 1.807) is 0 Å². The molecular weight excluding hydrogens is 248 g/mol. The molecule has 0 fully saturated rings. The van der Waals surface area contributed by atoms with E-state index in [4.69, 9.17) is 5.73 Å². The maximum atomic E-state index is 12.0. The molecule has 0 radical (unpaired) electrons.